The number of carboxylic acids is 1. The second kappa shape index (κ2) is 16.8. The highest BCUT2D eigenvalue weighted by atomic mass is 16.5. The van der Waals surface area contributed by atoms with Gasteiger partial charge in [-0.05, 0) is 99.5 Å². The first kappa shape index (κ1) is 36.0. The summed E-state index contributed by atoms with van der Waals surface area (Å²) in [5, 5.41) is 23.4. The summed E-state index contributed by atoms with van der Waals surface area (Å²) in [7, 11) is 0. The van der Waals surface area contributed by atoms with Crippen molar-refractivity contribution in [1.82, 2.24) is 26.6 Å². The molecule has 4 rings (SSSR count). The average Bonchev–Trinajstić information content (AvgIpc) is 3.77. The van der Waals surface area contributed by atoms with E-state index in [1.807, 2.05) is 44.2 Å². The number of urea groups is 1. The van der Waals surface area contributed by atoms with E-state index in [4.69, 9.17) is 10.5 Å². The van der Waals surface area contributed by atoms with Gasteiger partial charge in [-0.2, -0.15) is 0 Å². The molecule has 13 heteroatoms. The maximum atomic E-state index is 13.6. The van der Waals surface area contributed by atoms with Gasteiger partial charge in [0.2, 0.25) is 11.8 Å². The van der Waals surface area contributed by atoms with Crippen molar-refractivity contribution < 1.29 is 33.8 Å². The molecule has 3 saturated carbocycles. The Morgan fingerprint density at radius 3 is 2.26 bits per heavy atom. The largest absolute Gasteiger partial charge is 0.480 e. The van der Waals surface area contributed by atoms with Crippen LogP contribution in [-0.4, -0.2) is 72.3 Å². The van der Waals surface area contributed by atoms with Gasteiger partial charge in [0, 0.05) is 12.6 Å². The van der Waals surface area contributed by atoms with Crippen LogP contribution in [0.15, 0.2) is 30.3 Å². The minimum atomic E-state index is -1.18. The predicted octanol–water partition coefficient (Wildman–Crippen LogP) is 2.78. The minimum Gasteiger partial charge on any atom is -0.480 e. The molecule has 260 valence electrons. The number of carbonyl (C=O) groups excluding carboxylic acids is 4. The second-order valence-electron chi connectivity index (χ2n) is 13.7. The lowest BCUT2D eigenvalue weighted by molar-refractivity contribution is -0.139. The normalized spacial score (nSPS) is 24.0. The zero-order valence-corrected chi connectivity index (χ0v) is 27.6. The van der Waals surface area contributed by atoms with Crippen molar-refractivity contribution in [3.63, 3.8) is 0 Å². The Morgan fingerprint density at radius 2 is 1.66 bits per heavy atom. The highest BCUT2D eigenvalue weighted by Gasteiger charge is 2.70. The quantitative estimate of drug-likeness (QED) is 0.110. The molecular weight excluding hydrogens is 604 g/mol. The van der Waals surface area contributed by atoms with Crippen LogP contribution in [0.2, 0.25) is 0 Å². The molecule has 5 amide bonds. The van der Waals surface area contributed by atoms with E-state index >= 15 is 0 Å². The predicted molar refractivity (Wildman–Crippen MR) is 175 cm³/mol. The molecule has 3 aliphatic rings. The van der Waals surface area contributed by atoms with Gasteiger partial charge in [-0.3, -0.25) is 9.59 Å². The van der Waals surface area contributed by atoms with E-state index in [1.54, 1.807) is 0 Å². The third kappa shape index (κ3) is 9.82. The molecule has 7 atom stereocenters. The molecule has 8 N–H and O–H groups in total. The Balaban J connectivity index is 1.30. The smallest absolute Gasteiger partial charge is 0.407 e. The maximum Gasteiger partial charge on any atom is 0.407 e. The van der Waals surface area contributed by atoms with Crippen molar-refractivity contribution in [2.24, 2.45) is 28.9 Å². The van der Waals surface area contributed by atoms with E-state index in [1.165, 1.54) is 19.3 Å². The number of hydrogen-bond acceptors (Lipinski definition) is 7. The summed E-state index contributed by atoms with van der Waals surface area (Å²) in [6, 6.07) is 5.66. The molecule has 0 heterocycles. The Bertz CT molecular complexity index is 1250. The fourth-order valence-corrected chi connectivity index (χ4v) is 7.23. The number of ether oxygens (including phenoxy) is 1. The van der Waals surface area contributed by atoms with Crippen LogP contribution in [0.5, 0.6) is 0 Å². The second-order valence-corrected chi connectivity index (χ2v) is 13.7. The molecule has 0 aliphatic heterocycles. The van der Waals surface area contributed by atoms with Crippen LogP contribution in [0, 0.1) is 23.2 Å². The van der Waals surface area contributed by atoms with Gasteiger partial charge in [0.1, 0.15) is 24.7 Å². The molecule has 3 aliphatic carbocycles. The number of carbonyl (C=O) groups is 5. The van der Waals surface area contributed by atoms with Gasteiger partial charge in [0.25, 0.3) is 0 Å². The Hall–Kier alpha value is -3.87. The summed E-state index contributed by atoms with van der Waals surface area (Å²) in [5.74, 6) is -0.921. The standard InChI is InChI=1S/C34H52N6O7/c1-21(2)28(30(42)37-27-18-23-14-15-34(23)19-24(27)34)40-29(41)25(38-32(45)39-26(31(43)44)13-6-8-16-35)12-7-9-17-36-33(46)47-20-22-10-4-3-5-11-22/h3-5,10-11,21,23-28H,6-9,12-20,35H2,1-2H3,(H,36,46)(H,37,42)(H,40,41)(H,43,44)(H2,38,39,45)/t23?,24?,25-,26?,27?,28?,34?/m1/s1. The zero-order valence-electron chi connectivity index (χ0n) is 27.6. The van der Waals surface area contributed by atoms with Crippen molar-refractivity contribution in [3.05, 3.63) is 35.9 Å². The average molecular weight is 657 g/mol. The number of carboxylic acid groups (broad SMARTS) is 1. The lowest BCUT2D eigenvalue weighted by atomic mass is 9.71. The van der Waals surface area contributed by atoms with E-state index in [9.17, 15) is 29.1 Å². The number of aliphatic carboxylic acids is 1. The lowest BCUT2D eigenvalue weighted by Crippen LogP contribution is -2.58. The molecule has 47 heavy (non-hydrogen) atoms. The number of hydrogen-bond donors (Lipinski definition) is 7. The fraction of sp³-hybridized carbons (Fsp3) is 0.676. The van der Waals surface area contributed by atoms with Gasteiger partial charge in [0.15, 0.2) is 0 Å². The summed E-state index contributed by atoms with van der Waals surface area (Å²) in [5.41, 5.74) is 6.83. The molecule has 0 aromatic heterocycles. The van der Waals surface area contributed by atoms with Crippen LogP contribution in [0.1, 0.15) is 83.6 Å². The highest BCUT2D eigenvalue weighted by molar-refractivity contribution is 5.92. The van der Waals surface area contributed by atoms with Crippen LogP contribution in [0.3, 0.4) is 0 Å². The first-order valence-electron chi connectivity index (χ1n) is 17.1. The van der Waals surface area contributed by atoms with Gasteiger partial charge in [-0.1, -0.05) is 44.2 Å². The number of nitrogens with two attached hydrogens (primary N) is 1. The first-order valence-corrected chi connectivity index (χ1v) is 17.1. The minimum absolute atomic E-state index is 0.131. The number of benzene rings is 1. The molecule has 0 bridgehead atoms. The van der Waals surface area contributed by atoms with Crippen LogP contribution in [0.4, 0.5) is 9.59 Å². The van der Waals surface area contributed by atoms with E-state index in [2.05, 4.69) is 26.6 Å². The Morgan fingerprint density at radius 1 is 0.957 bits per heavy atom. The number of rotatable bonds is 19. The summed E-state index contributed by atoms with van der Waals surface area (Å²) >= 11 is 0. The SMILES string of the molecule is CC(C)C(NC(=O)[C@@H](CCCCNC(=O)OCc1ccccc1)NC(=O)NC(CCCCN)C(=O)O)C(=O)NC1CC2CCC23CC13. The van der Waals surface area contributed by atoms with Gasteiger partial charge >= 0.3 is 18.1 Å². The molecule has 0 radical (unpaired) electrons. The van der Waals surface area contributed by atoms with Crippen molar-refractivity contribution in [2.75, 3.05) is 13.1 Å². The summed E-state index contributed by atoms with van der Waals surface area (Å²) in [6.07, 6.45) is 6.54. The van der Waals surface area contributed by atoms with Crippen LogP contribution in [-0.2, 0) is 25.7 Å². The maximum absolute atomic E-state index is 13.6. The number of alkyl carbamates (subject to hydrolysis) is 1. The van der Waals surface area contributed by atoms with Crippen molar-refractivity contribution >= 4 is 29.9 Å². The Kier molecular flexibility index (Phi) is 12.9. The summed E-state index contributed by atoms with van der Waals surface area (Å²) < 4.78 is 5.23. The lowest BCUT2D eigenvalue weighted by Gasteiger charge is -2.34. The van der Waals surface area contributed by atoms with E-state index in [-0.39, 0.29) is 37.3 Å². The van der Waals surface area contributed by atoms with Crippen molar-refractivity contribution in [1.29, 1.82) is 0 Å². The molecule has 6 unspecified atom stereocenters. The monoisotopic (exact) mass is 656 g/mol. The molecule has 13 nitrogen and oxygen atoms in total. The first-order chi connectivity index (χ1) is 22.5. The van der Waals surface area contributed by atoms with Crippen LogP contribution < -0.4 is 32.3 Å². The summed E-state index contributed by atoms with van der Waals surface area (Å²) in [6.45, 7) is 4.56. The third-order valence-electron chi connectivity index (χ3n) is 10.1. The highest BCUT2D eigenvalue weighted by Crippen LogP contribution is 2.75. The van der Waals surface area contributed by atoms with Crippen LogP contribution in [0.25, 0.3) is 0 Å². The van der Waals surface area contributed by atoms with Crippen molar-refractivity contribution in [2.45, 2.75) is 109 Å². The molecule has 1 aromatic carbocycles. The summed E-state index contributed by atoms with van der Waals surface area (Å²) in [4.78, 5) is 63.8. The number of amides is 5. The van der Waals surface area contributed by atoms with E-state index in [0.29, 0.717) is 56.0 Å². The van der Waals surface area contributed by atoms with E-state index < -0.39 is 42.1 Å². The van der Waals surface area contributed by atoms with Gasteiger partial charge in [-0.25, -0.2) is 14.4 Å². The van der Waals surface area contributed by atoms with Gasteiger partial charge in [0.05, 0.1) is 0 Å². The van der Waals surface area contributed by atoms with Gasteiger partial charge < -0.3 is 42.2 Å². The number of unbranched alkanes of at least 4 members (excludes halogenated alkanes) is 2. The molecule has 1 spiro atoms. The topological polar surface area (TPSA) is 201 Å². The Labute approximate surface area is 276 Å². The zero-order chi connectivity index (χ0) is 34.0. The number of nitrogens with one attached hydrogen (secondary N) is 5. The van der Waals surface area contributed by atoms with Crippen LogP contribution >= 0.6 is 0 Å². The van der Waals surface area contributed by atoms with Crippen molar-refractivity contribution in [3.8, 4) is 0 Å². The van der Waals surface area contributed by atoms with Gasteiger partial charge in [-0.15, -0.1) is 0 Å². The van der Waals surface area contributed by atoms with E-state index in [0.717, 1.165) is 12.0 Å². The molecular formula is C34H52N6O7. The third-order valence-corrected chi connectivity index (χ3v) is 10.1. The molecule has 1 aromatic rings. The fourth-order valence-electron chi connectivity index (χ4n) is 7.23. The molecule has 0 saturated heterocycles. The molecule has 3 fully saturated rings.